The Kier molecular flexibility index (Phi) is 6.78. The van der Waals surface area contributed by atoms with Gasteiger partial charge in [-0.25, -0.2) is 0 Å². The normalized spacial score (nSPS) is 47.8. The van der Waals surface area contributed by atoms with Crippen LogP contribution < -0.4 is 11.1 Å². The van der Waals surface area contributed by atoms with Gasteiger partial charge in [0.05, 0.1) is 6.10 Å². The van der Waals surface area contributed by atoms with Gasteiger partial charge in [-0.3, -0.25) is 4.79 Å². The number of aliphatic carboxylic acids is 1. The Bertz CT molecular complexity index is 657. The lowest BCUT2D eigenvalue weighted by molar-refractivity contribution is -0.167. The molecule has 0 heterocycles. The molecule has 31 heavy (non-hydrogen) atoms. The van der Waals surface area contributed by atoms with Gasteiger partial charge in [-0.15, -0.1) is 0 Å². The summed E-state index contributed by atoms with van der Waals surface area (Å²) in [4.78, 5) is 11.1. The first-order valence-corrected chi connectivity index (χ1v) is 13.0. The van der Waals surface area contributed by atoms with E-state index in [4.69, 9.17) is 10.8 Å². The van der Waals surface area contributed by atoms with Gasteiger partial charge < -0.3 is 21.3 Å². The fourth-order valence-corrected chi connectivity index (χ4v) is 9.22. The van der Waals surface area contributed by atoms with E-state index in [-0.39, 0.29) is 17.9 Å². The van der Waals surface area contributed by atoms with Crippen LogP contribution in [0.3, 0.4) is 0 Å². The molecule has 4 rings (SSSR count). The molecule has 4 saturated carbocycles. The van der Waals surface area contributed by atoms with Crippen molar-refractivity contribution in [2.45, 2.75) is 97.1 Å². The second-order valence-corrected chi connectivity index (χ2v) is 12.1. The molecule has 5 N–H and O–H groups in total. The summed E-state index contributed by atoms with van der Waals surface area (Å²) in [7, 11) is 0. The van der Waals surface area contributed by atoms with Crippen molar-refractivity contribution >= 4 is 5.97 Å². The summed E-state index contributed by atoms with van der Waals surface area (Å²) < 4.78 is 0. The first-order chi connectivity index (χ1) is 14.7. The zero-order chi connectivity index (χ0) is 22.4. The average molecular weight is 435 g/mol. The lowest BCUT2D eigenvalue weighted by Gasteiger charge is -2.62. The lowest BCUT2D eigenvalue weighted by atomic mass is 9.43. The van der Waals surface area contributed by atoms with Crippen molar-refractivity contribution in [2.24, 2.45) is 52.1 Å². The minimum absolute atomic E-state index is 0.172. The standard InChI is InChI=1S/C26H46N2O3/c1-16(4-7-23(30)31)19-5-6-20-24-21(9-11-26(19,20)3)25(2)10-8-18(28-13-12-27)14-17(25)15-22(24)29/h16-22,24,28-29H,4-15,27H2,1-3H3,(H,30,31). The highest BCUT2D eigenvalue weighted by Gasteiger charge is 2.62. The van der Waals surface area contributed by atoms with Gasteiger partial charge in [0, 0.05) is 25.6 Å². The molecule has 4 aliphatic carbocycles. The predicted molar refractivity (Wildman–Crippen MR) is 123 cm³/mol. The van der Waals surface area contributed by atoms with E-state index < -0.39 is 5.97 Å². The molecule has 0 saturated heterocycles. The number of carbonyl (C=O) groups is 1. The van der Waals surface area contributed by atoms with Crippen LogP contribution in [0.15, 0.2) is 0 Å². The van der Waals surface area contributed by atoms with Gasteiger partial charge in [0.1, 0.15) is 0 Å². The Morgan fingerprint density at radius 1 is 1.10 bits per heavy atom. The first kappa shape index (κ1) is 23.5. The molecule has 5 nitrogen and oxygen atoms in total. The second kappa shape index (κ2) is 8.95. The maximum Gasteiger partial charge on any atom is 0.303 e. The van der Waals surface area contributed by atoms with Gasteiger partial charge in [-0.05, 0) is 104 Å². The van der Waals surface area contributed by atoms with Crippen LogP contribution in [0.1, 0.15) is 85.0 Å². The van der Waals surface area contributed by atoms with Crippen LogP contribution in [-0.4, -0.2) is 41.4 Å². The van der Waals surface area contributed by atoms with E-state index in [1.165, 1.54) is 44.9 Å². The smallest absolute Gasteiger partial charge is 0.303 e. The van der Waals surface area contributed by atoms with E-state index in [1.807, 2.05) is 0 Å². The predicted octanol–water partition coefficient (Wildman–Crippen LogP) is 4.03. The number of rotatable bonds is 7. The minimum atomic E-state index is -0.673. The highest BCUT2D eigenvalue weighted by Crippen LogP contribution is 2.68. The summed E-state index contributed by atoms with van der Waals surface area (Å²) in [6, 6.07) is 0.560. The quantitative estimate of drug-likeness (QED) is 0.485. The van der Waals surface area contributed by atoms with Crippen LogP contribution in [0.25, 0.3) is 0 Å². The van der Waals surface area contributed by atoms with Crippen molar-refractivity contribution < 1.29 is 15.0 Å². The van der Waals surface area contributed by atoms with Crippen LogP contribution in [-0.2, 0) is 4.79 Å². The fraction of sp³-hybridized carbons (Fsp3) is 0.962. The number of fused-ring (bicyclic) bond motifs is 5. The van der Waals surface area contributed by atoms with Crippen molar-refractivity contribution in [2.75, 3.05) is 13.1 Å². The highest BCUT2D eigenvalue weighted by molar-refractivity contribution is 5.66. The molecule has 10 unspecified atom stereocenters. The molecule has 178 valence electrons. The number of hydrogen-bond acceptors (Lipinski definition) is 4. The van der Waals surface area contributed by atoms with E-state index in [9.17, 15) is 9.90 Å². The number of hydrogen-bond donors (Lipinski definition) is 4. The molecule has 10 atom stereocenters. The summed E-state index contributed by atoms with van der Waals surface area (Å²) in [5, 5.41) is 24.3. The van der Waals surface area contributed by atoms with Gasteiger partial charge in [0.15, 0.2) is 0 Å². The van der Waals surface area contributed by atoms with Gasteiger partial charge >= 0.3 is 5.97 Å². The number of aliphatic hydroxyl groups is 1. The Labute approximate surface area is 188 Å². The van der Waals surface area contributed by atoms with Crippen molar-refractivity contribution in [3.8, 4) is 0 Å². The minimum Gasteiger partial charge on any atom is -0.481 e. The molecule has 0 aromatic rings. The Morgan fingerprint density at radius 3 is 2.52 bits per heavy atom. The molecule has 0 aliphatic heterocycles. The topological polar surface area (TPSA) is 95.6 Å². The van der Waals surface area contributed by atoms with Gasteiger partial charge in [0.2, 0.25) is 0 Å². The third-order valence-electron chi connectivity index (χ3n) is 10.8. The van der Waals surface area contributed by atoms with E-state index >= 15 is 0 Å². The van der Waals surface area contributed by atoms with Crippen LogP contribution in [0.4, 0.5) is 0 Å². The number of carboxylic acid groups (broad SMARTS) is 1. The largest absolute Gasteiger partial charge is 0.481 e. The fourth-order valence-electron chi connectivity index (χ4n) is 9.22. The van der Waals surface area contributed by atoms with Crippen molar-refractivity contribution in [1.29, 1.82) is 0 Å². The molecule has 0 bridgehead atoms. The SMILES string of the molecule is CC(CCC(=O)O)C1CCC2C3C(O)CC4CC(NCCN)CCC4(C)C3CCC12C. The molecular formula is C26H46N2O3. The zero-order valence-electron chi connectivity index (χ0n) is 20.0. The zero-order valence-corrected chi connectivity index (χ0v) is 20.0. The van der Waals surface area contributed by atoms with Crippen LogP contribution in [0.2, 0.25) is 0 Å². The summed E-state index contributed by atoms with van der Waals surface area (Å²) in [6.07, 6.45) is 10.5. The summed E-state index contributed by atoms with van der Waals surface area (Å²) in [5.41, 5.74) is 6.34. The maximum absolute atomic E-state index is 11.5. The van der Waals surface area contributed by atoms with E-state index in [0.29, 0.717) is 53.5 Å². The highest BCUT2D eigenvalue weighted by atomic mass is 16.4. The molecule has 0 aromatic carbocycles. The van der Waals surface area contributed by atoms with Crippen LogP contribution >= 0.6 is 0 Å². The Morgan fingerprint density at radius 2 is 1.81 bits per heavy atom. The monoisotopic (exact) mass is 434 g/mol. The molecule has 5 heteroatoms. The number of aliphatic hydroxyl groups excluding tert-OH is 1. The number of carboxylic acids is 1. The summed E-state index contributed by atoms with van der Waals surface area (Å²) in [5.74, 6) is 2.68. The van der Waals surface area contributed by atoms with Crippen LogP contribution in [0, 0.1) is 46.3 Å². The molecule has 4 aliphatic rings. The molecule has 0 spiro atoms. The van der Waals surface area contributed by atoms with E-state index in [1.54, 1.807) is 0 Å². The molecular weight excluding hydrogens is 388 g/mol. The average Bonchev–Trinajstić information content (AvgIpc) is 3.08. The van der Waals surface area contributed by atoms with Crippen molar-refractivity contribution in [3.63, 3.8) is 0 Å². The third-order valence-corrected chi connectivity index (χ3v) is 10.8. The number of nitrogens with two attached hydrogens (primary N) is 1. The molecule has 0 amide bonds. The summed E-state index contributed by atoms with van der Waals surface area (Å²) in [6.45, 7) is 8.89. The Balaban J connectivity index is 1.50. The molecule has 0 radical (unpaired) electrons. The van der Waals surface area contributed by atoms with Crippen molar-refractivity contribution in [3.05, 3.63) is 0 Å². The Hall–Kier alpha value is -0.650. The maximum atomic E-state index is 11.5. The number of nitrogens with one attached hydrogen (secondary N) is 1. The van der Waals surface area contributed by atoms with Crippen LogP contribution in [0.5, 0.6) is 0 Å². The van der Waals surface area contributed by atoms with Crippen molar-refractivity contribution in [1.82, 2.24) is 5.32 Å². The summed E-state index contributed by atoms with van der Waals surface area (Å²) >= 11 is 0. The van der Waals surface area contributed by atoms with E-state index in [0.717, 1.165) is 19.4 Å². The van der Waals surface area contributed by atoms with Gasteiger partial charge in [-0.1, -0.05) is 20.8 Å². The van der Waals surface area contributed by atoms with Gasteiger partial charge in [0.25, 0.3) is 0 Å². The first-order valence-electron chi connectivity index (χ1n) is 13.0. The molecule has 4 fully saturated rings. The second-order valence-electron chi connectivity index (χ2n) is 12.1. The third kappa shape index (κ3) is 4.08. The van der Waals surface area contributed by atoms with Gasteiger partial charge in [-0.2, -0.15) is 0 Å². The van der Waals surface area contributed by atoms with E-state index in [2.05, 4.69) is 26.1 Å². The lowest BCUT2D eigenvalue weighted by Crippen LogP contribution is -2.59. The molecule has 0 aromatic heterocycles.